The van der Waals surface area contributed by atoms with Crippen LogP contribution in [0.3, 0.4) is 0 Å². The lowest BCUT2D eigenvalue weighted by Crippen LogP contribution is -2.30. The zero-order valence-corrected chi connectivity index (χ0v) is 15.7. The van der Waals surface area contributed by atoms with E-state index in [1.165, 1.54) is 55.1 Å². The molecule has 0 bridgehead atoms. The topological polar surface area (TPSA) is 64.6 Å². The molecule has 0 unspecified atom stereocenters. The van der Waals surface area contributed by atoms with Gasteiger partial charge in [0.2, 0.25) is 0 Å². The van der Waals surface area contributed by atoms with E-state index < -0.39 is 24.6 Å². The molecule has 28 heavy (non-hydrogen) atoms. The number of rotatable bonds is 9. The minimum absolute atomic E-state index is 0.0440. The molecular formula is C19H18F3NO4S. The van der Waals surface area contributed by atoms with Gasteiger partial charge < -0.3 is 14.8 Å². The third kappa shape index (κ3) is 7.15. The minimum Gasteiger partial charge on any atom is -0.453 e. The summed E-state index contributed by atoms with van der Waals surface area (Å²) >= 11 is 1.35. The standard InChI is InChI=1S/C19H18F3NO4S/c1-12(18(25)23-15-4-2-3-5-16(15)27-19(21)22)26-17(24)10-11-28-14-8-6-13(20)7-9-14/h2-9,12,19H,10-11H2,1H3,(H,23,25)/t12-/m1/s1. The molecule has 0 fully saturated rings. The summed E-state index contributed by atoms with van der Waals surface area (Å²) in [6, 6.07) is 11.5. The molecule has 5 nitrogen and oxygen atoms in total. The van der Waals surface area contributed by atoms with E-state index in [9.17, 15) is 22.8 Å². The lowest BCUT2D eigenvalue weighted by Gasteiger charge is -2.15. The molecule has 150 valence electrons. The number of carbonyl (C=O) groups is 2. The molecule has 0 saturated carbocycles. The van der Waals surface area contributed by atoms with Gasteiger partial charge in [0.05, 0.1) is 12.1 Å². The number of para-hydroxylation sites is 2. The van der Waals surface area contributed by atoms with Crippen LogP contribution in [-0.4, -0.2) is 30.3 Å². The first-order valence-electron chi connectivity index (χ1n) is 8.27. The van der Waals surface area contributed by atoms with E-state index in [4.69, 9.17) is 4.74 Å². The molecule has 0 aliphatic heterocycles. The molecule has 2 aromatic carbocycles. The third-order valence-electron chi connectivity index (χ3n) is 3.43. The highest BCUT2D eigenvalue weighted by Gasteiger charge is 2.20. The van der Waals surface area contributed by atoms with Crippen molar-refractivity contribution in [2.45, 2.75) is 31.0 Å². The van der Waals surface area contributed by atoms with E-state index in [1.54, 1.807) is 12.1 Å². The van der Waals surface area contributed by atoms with Crippen molar-refractivity contribution in [2.75, 3.05) is 11.1 Å². The zero-order chi connectivity index (χ0) is 20.5. The van der Waals surface area contributed by atoms with E-state index in [1.807, 2.05) is 0 Å². The Morgan fingerprint density at radius 3 is 2.46 bits per heavy atom. The molecule has 0 saturated heterocycles. The van der Waals surface area contributed by atoms with Crippen LogP contribution in [0.1, 0.15) is 13.3 Å². The summed E-state index contributed by atoms with van der Waals surface area (Å²) in [5, 5.41) is 2.39. The van der Waals surface area contributed by atoms with Crippen molar-refractivity contribution >= 4 is 29.3 Å². The van der Waals surface area contributed by atoms with Gasteiger partial charge in [0.25, 0.3) is 5.91 Å². The van der Waals surface area contributed by atoms with Gasteiger partial charge in [0.15, 0.2) is 6.10 Å². The molecule has 0 heterocycles. The highest BCUT2D eigenvalue weighted by Crippen LogP contribution is 2.25. The van der Waals surface area contributed by atoms with E-state index >= 15 is 0 Å². The Bertz CT molecular complexity index is 802. The summed E-state index contributed by atoms with van der Waals surface area (Å²) in [6.45, 7) is -1.66. The lowest BCUT2D eigenvalue weighted by molar-refractivity contribution is -0.152. The number of alkyl halides is 2. The third-order valence-corrected chi connectivity index (χ3v) is 4.44. The summed E-state index contributed by atoms with van der Waals surface area (Å²) in [5.41, 5.74) is 0.0440. The fourth-order valence-electron chi connectivity index (χ4n) is 2.10. The van der Waals surface area contributed by atoms with Gasteiger partial charge in [-0.3, -0.25) is 9.59 Å². The smallest absolute Gasteiger partial charge is 0.387 e. The number of nitrogens with one attached hydrogen (secondary N) is 1. The van der Waals surface area contributed by atoms with Crippen molar-refractivity contribution in [1.29, 1.82) is 0 Å². The Labute approximate surface area is 164 Å². The van der Waals surface area contributed by atoms with Gasteiger partial charge in [-0.25, -0.2) is 4.39 Å². The van der Waals surface area contributed by atoms with Crippen LogP contribution in [0.2, 0.25) is 0 Å². The van der Waals surface area contributed by atoms with Crippen LogP contribution in [0.4, 0.5) is 18.9 Å². The molecule has 1 N–H and O–H groups in total. The second-order valence-electron chi connectivity index (χ2n) is 5.55. The van der Waals surface area contributed by atoms with Crippen LogP contribution in [0.15, 0.2) is 53.4 Å². The summed E-state index contributed by atoms with van der Waals surface area (Å²) < 4.78 is 47.0. The summed E-state index contributed by atoms with van der Waals surface area (Å²) in [5.74, 6) is -1.41. The fraction of sp³-hybridized carbons (Fsp3) is 0.263. The molecule has 9 heteroatoms. The van der Waals surface area contributed by atoms with Gasteiger partial charge in [-0.1, -0.05) is 12.1 Å². The Kier molecular flexibility index (Phi) is 8.19. The van der Waals surface area contributed by atoms with Crippen molar-refractivity contribution in [3.8, 4) is 5.75 Å². The lowest BCUT2D eigenvalue weighted by atomic mass is 10.2. The van der Waals surface area contributed by atoms with Crippen molar-refractivity contribution < 1.29 is 32.2 Å². The van der Waals surface area contributed by atoms with Crippen LogP contribution in [0, 0.1) is 5.82 Å². The van der Waals surface area contributed by atoms with Gasteiger partial charge in [0.1, 0.15) is 11.6 Å². The monoisotopic (exact) mass is 413 g/mol. The maximum absolute atomic E-state index is 12.8. The molecule has 2 rings (SSSR count). The number of halogens is 3. The number of carbonyl (C=O) groups excluding carboxylic acids is 2. The number of hydrogen-bond acceptors (Lipinski definition) is 5. The second-order valence-corrected chi connectivity index (χ2v) is 6.72. The van der Waals surface area contributed by atoms with E-state index in [2.05, 4.69) is 10.1 Å². The Morgan fingerprint density at radius 1 is 1.11 bits per heavy atom. The van der Waals surface area contributed by atoms with Gasteiger partial charge in [-0.05, 0) is 43.3 Å². The molecule has 0 spiro atoms. The molecule has 1 atom stereocenters. The number of ether oxygens (including phenoxy) is 2. The van der Waals surface area contributed by atoms with Crippen molar-refractivity contribution in [3.63, 3.8) is 0 Å². The average Bonchev–Trinajstić information content (AvgIpc) is 2.64. The zero-order valence-electron chi connectivity index (χ0n) is 14.9. The van der Waals surface area contributed by atoms with E-state index in [0.717, 1.165) is 4.90 Å². The van der Waals surface area contributed by atoms with Crippen molar-refractivity contribution in [1.82, 2.24) is 0 Å². The molecule has 0 aliphatic carbocycles. The van der Waals surface area contributed by atoms with Gasteiger partial charge in [-0.15, -0.1) is 11.8 Å². The first-order valence-corrected chi connectivity index (χ1v) is 9.26. The maximum atomic E-state index is 12.8. The molecule has 2 aromatic rings. The summed E-state index contributed by atoms with van der Waals surface area (Å²) in [4.78, 5) is 24.8. The van der Waals surface area contributed by atoms with E-state index in [-0.39, 0.29) is 23.7 Å². The number of thioether (sulfide) groups is 1. The maximum Gasteiger partial charge on any atom is 0.387 e. The first-order chi connectivity index (χ1) is 13.3. The van der Waals surface area contributed by atoms with Crippen LogP contribution in [0.25, 0.3) is 0 Å². The molecule has 0 radical (unpaired) electrons. The molecular weight excluding hydrogens is 395 g/mol. The van der Waals surface area contributed by atoms with Gasteiger partial charge >= 0.3 is 12.6 Å². The second kappa shape index (κ2) is 10.6. The number of esters is 1. The Morgan fingerprint density at radius 2 is 1.79 bits per heavy atom. The van der Waals surface area contributed by atoms with Crippen LogP contribution in [-0.2, 0) is 14.3 Å². The van der Waals surface area contributed by atoms with Crippen molar-refractivity contribution in [3.05, 3.63) is 54.3 Å². The van der Waals surface area contributed by atoms with Crippen molar-refractivity contribution in [2.24, 2.45) is 0 Å². The molecule has 0 aromatic heterocycles. The number of hydrogen-bond donors (Lipinski definition) is 1. The highest BCUT2D eigenvalue weighted by atomic mass is 32.2. The van der Waals surface area contributed by atoms with Crippen LogP contribution in [0.5, 0.6) is 5.75 Å². The predicted octanol–water partition coefficient (Wildman–Crippen LogP) is 4.48. The Hall–Kier alpha value is -2.68. The quantitative estimate of drug-likeness (QED) is 0.485. The largest absolute Gasteiger partial charge is 0.453 e. The fourth-order valence-corrected chi connectivity index (χ4v) is 2.93. The highest BCUT2D eigenvalue weighted by molar-refractivity contribution is 7.99. The van der Waals surface area contributed by atoms with Gasteiger partial charge in [-0.2, -0.15) is 8.78 Å². The van der Waals surface area contributed by atoms with Crippen LogP contribution < -0.4 is 10.1 Å². The van der Waals surface area contributed by atoms with E-state index in [0.29, 0.717) is 5.75 Å². The Balaban J connectivity index is 1.80. The minimum atomic E-state index is -3.04. The number of benzene rings is 2. The summed E-state index contributed by atoms with van der Waals surface area (Å²) in [6.07, 6.45) is -1.08. The average molecular weight is 413 g/mol. The summed E-state index contributed by atoms with van der Waals surface area (Å²) in [7, 11) is 0. The predicted molar refractivity (Wildman–Crippen MR) is 99.0 cm³/mol. The molecule has 0 aliphatic rings. The first kappa shape index (κ1) is 21.6. The van der Waals surface area contributed by atoms with Gasteiger partial charge in [0, 0.05) is 10.6 Å². The van der Waals surface area contributed by atoms with Crippen LogP contribution >= 0.6 is 11.8 Å². The number of amides is 1. The normalized spacial score (nSPS) is 11.8. The SMILES string of the molecule is C[C@@H](OC(=O)CCSc1ccc(F)cc1)C(=O)Nc1ccccc1OC(F)F. The number of anilines is 1. The molecule has 1 amide bonds.